The highest BCUT2D eigenvalue weighted by Crippen LogP contribution is 2.63. The molecule has 1 aliphatic heterocycles. The molecule has 174 valence electrons. The van der Waals surface area contributed by atoms with E-state index in [9.17, 15) is 19.2 Å². The van der Waals surface area contributed by atoms with E-state index in [1.807, 2.05) is 48.5 Å². The molecule has 3 aromatic carbocycles. The number of hydrogen-bond acceptors (Lipinski definition) is 5. The maximum Gasteiger partial charge on any atom is 0.338 e. The Bertz CT molecular complexity index is 1360. The average molecular weight is 466 g/mol. The second kappa shape index (κ2) is 7.47. The minimum absolute atomic E-state index is 0.259. The number of anilines is 1. The number of benzene rings is 3. The summed E-state index contributed by atoms with van der Waals surface area (Å²) in [4.78, 5) is 54.2. The molecule has 3 aromatic rings. The van der Waals surface area contributed by atoms with Crippen molar-refractivity contribution in [2.45, 2.75) is 31.3 Å². The molecule has 1 saturated heterocycles. The Morgan fingerprint density at radius 1 is 0.886 bits per heavy atom. The molecule has 2 atom stereocenters. The molecule has 2 amide bonds. The molecule has 4 aliphatic rings. The van der Waals surface area contributed by atoms with Crippen LogP contribution in [0.15, 0.2) is 72.8 Å². The van der Waals surface area contributed by atoms with Crippen LogP contribution in [-0.2, 0) is 24.5 Å². The number of aldehydes is 1. The maximum atomic E-state index is 13.9. The Balaban J connectivity index is 1.48. The summed E-state index contributed by atoms with van der Waals surface area (Å²) >= 11 is 0. The summed E-state index contributed by atoms with van der Waals surface area (Å²) in [6, 6.07) is 21.5. The van der Waals surface area contributed by atoms with Gasteiger partial charge in [0.05, 0.1) is 34.6 Å². The lowest BCUT2D eigenvalue weighted by Crippen LogP contribution is -2.54. The normalized spacial score (nSPS) is 25.8. The fourth-order valence-electron chi connectivity index (χ4n) is 6.31. The fourth-order valence-corrected chi connectivity index (χ4v) is 6.31. The van der Waals surface area contributed by atoms with E-state index in [0.29, 0.717) is 11.3 Å². The third kappa shape index (κ3) is 2.71. The molecule has 0 spiro atoms. The van der Waals surface area contributed by atoms with E-state index < -0.39 is 29.1 Å². The number of ether oxygens (including phenoxy) is 1. The molecule has 2 bridgehead atoms. The Hall–Kier alpha value is -4.06. The molecule has 0 N–H and O–H groups in total. The Labute approximate surface area is 202 Å². The first-order valence-corrected chi connectivity index (χ1v) is 11.7. The van der Waals surface area contributed by atoms with E-state index in [2.05, 4.69) is 0 Å². The highest BCUT2D eigenvalue weighted by Gasteiger charge is 2.68. The van der Waals surface area contributed by atoms with Crippen LogP contribution in [-0.4, -0.2) is 30.2 Å². The van der Waals surface area contributed by atoms with Crippen molar-refractivity contribution in [3.8, 4) is 0 Å². The zero-order chi connectivity index (χ0) is 24.5. The van der Waals surface area contributed by atoms with Gasteiger partial charge in [0.25, 0.3) is 0 Å². The van der Waals surface area contributed by atoms with E-state index in [0.717, 1.165) is 28.5 Å². The summed E-state index contributed by atoms with van der Waals surface area (Å²) in [6.45, 7) is 3.53. The molecular weight excluding hydrogens is 442 g/mol. The van der Waals surface area contributed by atoms with Crippen LogP contribution in [0, 0.1) is 11.8 Å². The van der Waals surface area contributed by atoms with Gasteiger partial charge in [0, 0.05) is 5.92 Å². The standard InChI is InChI=1S/C29H23NO5/c1-16(2)35-28(34)17-11-13-18(14-12-17)30-26(32)24-23-19-7-3-5-9-21(19)29(15-31,25(24)27(30)33)22-10-6-4-8-20(22)23/h3-16,23-25H,1-2H3/t23?,24-,25+,29?/m0/s1. The van der Waals surface area contributed by atoms with Gasteiger partial charge in [0.15, 0.2) is 0 Å². The lowest BCUT2D eigenvalue weighted by molar-refractivity contribution is -0.128. The molecule has 0 saturated carbocycles. The van der Waals surface area contributed by atoms with E-state index in [1.165, 1.54) is 4.90 Å². The quantitative estimate of drug-likeness (QED) is 0.331. The average Bonchev–Trinajstić information content (AvgIpc) is 3.14. The molecule has 1 fully saturated rings. The highest BCUT2D eigenvalue weighted by atomic mass is 16.5. The van der Waals surface area contributed by atoms with Crippen LogP contribution >= 0.6 is 0 Å². The lowest BCUT2D eigenvalue weighted by atomic mass is 9.48. The zero-order valence-corrected chi connectivity index (χ0v) is 19.3. The predicted octanol–water partition coefficient (Wildman–Crippen LogP) is 4.00. The monoisotopic (exact) mass is 465 g/mol. The van der Waals surface area contributed by atoms with Crippen LogP contribution in [0.4, 0.5) is 5.69 Å². The minimum Gasteiger partial charge on any atom is -0.459 e. The fraction of sp³-hybridized carbons (Fsp3) is 0.241. The molecule has 0 radical (unpaired) electrons. The van der Waals surface area contributed by atoms with Gasteiger partial charge in [0.1, 0.15) is 6.29 Å². The molecule has 0 aromatic heterocycles. The molecule has 3 aliphatic carbocycles. The number of carbonyl (C=O) groups is 4. The number of hydrogen-bond donors (Lipinski definition) is 0. The summed E-state index contributed by atoms with van der Waals surface area (Å²) in [6.07, 6.45) is 0.600. The van der Waals surface area contributed by atoms with Crippen LogP contribution in [0.3, 0.4) is 0 Å². The third-order valence-electron chi connectivity index (χ3n) is 7.57. The summed E-state index contributed by atoms with van der Waals surface area (Å²) in [5, 5.41) is 0. The van der Waals surface area contributed by atoms with Crippen LogP contribution in [0.25, 0.3) is 0 Å². The molecular formula is C29H23NO5. The van der Waals surface area contributed by atoms with Crippen molar-refractivity contribution in [3.63, 3.8) is 0 Å². The predicted molar refractivity (Wildman–Crippen MR) is 128 cm³/mol. The van der Waals surface area contributed by atoms with Crippen molar-refractivity contribution in [2.24, 2.45) is 11.8 Å². The van der Waals surface area contributed by atoms with Crippen molar-refractivity contribution in [2.75, 3.05) is 4.90 Å². The summed E-state index contributed by atoms with van der Waals surface area (Å²) in [5.74, 6) is -2.99. The first-order valence-electron chi connectivity index (χ1n) is 11.7. The van der Waals surface area contributed by atoms with Gasteiger partial charge >= 0.3 is 5.97 Å². The second-order valence-corrected chi connectivity index (χ2v) is 9.66. The number of carbonyl (C=O) groups excluding carboxylic acids is 4. The third-order valence-corrected chi connectivity index (χ3v) is 7.57. The van der Waals surface area contributed by atoms with Crippen LogP contribution in [0.2, 0.25) is 0 Å². The van der Waals surface area contributed by atoms with Crippen molar-refractivity contribution < 1.29 is 23.9 Å². The van der Waals surface area contributed by atoms with E-state index in [4.69, 9.17) is 4.74 Å². The first-order chi connectivity index (χ1) is 16.9. The van der Waals surface area contributed by atoms with Gasteiger partial charge in [-0.25, -0.2) is 9.69 Å². The lowest BCUT2D eigenvalue weighted by Gasteiger charge is -2.51. The van der Waals surface area contributed by atoms with E-state index in [-0.39, 0.29) is 17.9 Å². The Kier molecular flexibility index (Phi) is 4.58. The molecule has 7 rings (SSSR count). The summed E-state index contributed by atoms with van der Waals surface area (Å²) < 4.78 is 5.23. The van der Waals surface area contributed by atoms with Gasteiger partial charge in [-0.3, -0.25) is 9.59 Å². The SMILES string of the molecule is CC(C)OC(=O)c1ccc(N2C(=O)[C@H]3C4c5ccccc5C(C=O)(c5ccccc54)[C@H]3C2=O)cc1. The summed E-state index contributed by atoms with van der Waals surface area (Å²) in [5.41, 5.74) is 2.94. The minimum atomic E-state index is -1.23. The molecule has 35 heavy (non-hydrogen) atoms. The van der Waals surface area contributed by atoms with Gasteiger partial charge in [-0.2, -0.15) is 0 Å². The van der Waals surface area contributed by atoms with Gasteiger partial charge in [0.2, 0.25) is 11.8 Å². The zero-order valence-electron chi connectivity index (χ0n) is 19.3. The van der Waals surface area contributed by atoms with Crippen molar-refractivity contribution in [1.29, 1.82) is 0 Å². The molecule has 6 heteroatoms. The van der Waals surface area contributed by atoms with Crippen molar-refractivity contribution in [3.05, 3.63) is 101 Å². The first kappa shape index (κ1) is 21.5. The number of esters is 1. The number of nitrogens with zero attached hydrogens (tertiary/aromatic N) is 1. The molecule has 0 unspecified atom stereocenters. The van der Waals surface area contributed by atoms with Crippen LogP contribution in [0.1, 0.15) is 52.4 Å². The van der Waals surface area contributed by atoms with E-state index in [1.54, 1.807) is 38.1 Å². The Morgan fingerprint density at radius 3 is 2.00 bits per heavy atom. The number of rotatable bonds is 4. The highest BCUT2D eigenvalue weighted by molar-refractivity contribution is 6.24. The smallest absolute Gasteiger partial charge is 0.338 e. The second-order valence-electron chi connectivity index (χ2n) is 9.66. The number of imide groups is 1. The molecule has 1 heterocycles. The molecule has 6 nitrogen and oxygen atoms in total. The van der Waals surface area contributed by atoms with Gasteiger partial charge in [-0.15, -0.1) is 0 Å². The maximum absolute atomic E-state index is 13.9. The summed E-state index contributed by atoms with van der Waals surface area (Å²) in [7, 11) is 0. The van der Waals surface area contributed by atoms with Gasteiger partial charge in [-0.1, -0.05) is 48.5 Å². The largest absolute Gasteiger partial charge is 0.459 e. The van der Waals surface area contributed by atoms with Gasteiger partial charge < -0.3 is 9.53 Å². The van der Waals surface area contributed by atoms with Crippen LogP contribution in [0.5, 0.6) is 0 Å². The van der Waals surface area contributed by atoms with Gasteiger partial charge in [-0.05, 0) is 60.4 Å². The van der Waals surface area contributed by atoms with E-state index >= 15 is 0 Å². The van der Waals surface area contributed by atoms with Crippen molar-refractivity contribution in [1.82, 2.24) is 0 Å². The van der Waals surface area contributed by atoms with Crippen LogP contribution < -0.4 is 4.90 Å². The Morgan fingerprint density at radius 2 is 1.46 bits per heavy atom. The number of amides is 2. The van der Waals surface area contributed by atoms with Crippen molar-refractivity contribution >= 4 is 29.8 Å². The topological polar surface area (TPSA) is 80.8 Å².